The fourth-order valence-corrected chi connectivity index (χ4v) is 1.42. The van der Waals surface area contributed by atoms with E-state index in [4.69, 9.17) is 16.4 Å². The van der Waals surface area contributed by atoms with Crippen LogP contribution in [-0.2, 0) is 16.1 Å². The molecule has 0 heterocycles. The summed E-state index contributed by atoms with van der Waals surface area (Å²) in [6, 6.07) is 4.31. The van der Waals surface area contributed by atoms with Gasteiger partial charge < -0.3 is 0 Å². The molecule has 17 heavy (non-hydrogen) atoms. The molecule has 0 saturated carbocycles. The van der Waals surface area contributed by atoms with Gasteiger partial charge in [0.1, 0.15) is 5.82 Å². The van der Waals surface area contributed by atoms with Gasteiger partial charge in [-0.05, 0) is 18.1 Å². The molecule has 94 valence electrons. The zero-order valence-corrected chi connectivity index (χ0v) is 10.6. The molecule has 1 aromatic rings. The van der Waals surface area contributed by atoms with Crippen molar-refractivity contribution in [2.24, 2.45) is 5.92 Å². The van der Waals surface area contributed by atoms with E-state index in [2.05, 4.69) is 5.48 Å². The second-order valence-corrected chi connectivity index (χ2v) is 4.51. The predicted octanol–water partition coefficient (Wildman–Crippen LogP) is 2.73. The van der Waals surface area contributed by atoms with Gasteiger partial charge in [-0.15, -0.1) is 0 Å². The van der Waals surface area contributed by atoms with Crippen LogP contribution in [0.2, 0.25) is 5.02 Å². The minimum absolute atomic E-state index is 0.135. The quantitative estimate of drug-likeness (QED) is 0.826. The highest BCUT2D eigenvalue weighted by molar-refractivity contribution is 6.31. The first-order valence-corrected chi connectivity index (χ1v) is 5.72. The minimum Gasteiger partial charge on any atom is -0.273 e. The van der Waals surface area contributed by atoms with Gasteiger partial charge in [0.15, 0.2) is 0 Å². The lowest BCUT2D eigenvalue weighted by molar-refractivity contribution is -0.133. The lowest BCUT2D eigenvalue weighted by Gasteiger charge is -2.09. The van der Waals surface area contributed by atoms with Crippen LogP contribution >= 0.6 is 11.6 Å². The van der Waals surface area contributed by atoms with Gasteiger partial charge in [-0.2, -0.15) is 0 Å². The largest absolute Gasteiger partial charge is 0.273 e. The Morgan fingerprint density at radius 3 is 2.82 bits per heavy atom. The maximum Gasteiger partial charge on any atom is 0.248 e. The summed E-state index contributed by atoms with van der Waals surface area (Å²) in [6.07, 6.45) is -0.135. The number of halogens is 2. The van der Waals surface area contributed by atoms with E-state index in [9.17, 15) is 9.18 Å². The van der Waals surface area contributed by atoms with Crippen LogP contribution in [0.4, 0.5) is 4.39 Å². The van der Waals surface area contributed by atoms with Crippen LogP contribution in [0.5, 0.6) is 0 Å². The van der Waals surface area contributed by atoms with Gasteiger partial charge in [-0.25, -0.2) is 9.87 Å². The van der Waals surface area contributed by atoms with Crippen molar-refractivity contribution in [3.05, 3.63) is 34.6 Å². The monoisotopic (exact) mass is 259 g/mol. The third-order valence-corrected chi connectivity index (χ3v) is 2.36. The van der Waals surface area contributed by atoms with Crippen LogP contribution in [0.1, 0.15) is 19.4 Å². The number of carbonyl (C=O) groups excluding carboxylic acids is 1. The van der Waals surface area contributed by atoms with Crippen molar-refractivity contribution in [2.45, 2.75) is 20.3 Å². The van der Waals surface area contributed by atoms with Crippen LogP contribution in [0.3, 0.4) is 0 Å². The van der Waals surface area contributed by atoms with Crippen molar-refractivity contribution in [2.75, 3.05) is 6.61 Å². The molecule has 1 N–H and O–H groups in total. The first-order valence-electron chi connectivity index (χ1n) is 5.34. The Hall–Kier alpha value is -1.13. The second-order valence-electron chi connectivity index (χ2n) is 4.11. The Bertz CT molecular complexity index is 376. The van der Waals surface area contributed by atoms with Crippen LogP contribution < -0.4 is 5.48 Å². The first-order chi connectivity index (χ1) is 8.00. The van der Waals surface area contributed by atoms with Crippen molar-refractivity contribution in [1.29, 1.82) is 0 Å². The number of rotatable bonds is 5. The lowest BCUT2D eigenvalue weighted by Crippen LogP contribution is -2.27. The van der Waals surface area contributed by atoms with E-state index < -0.39 is 11.7 Å². The summed E-state index contributed by atoms with van der Waals surface area (Å²) >= 11 is 5.80. The first kappa shape index (κ1) is 13.9. The van der Waals surface area contributed by atoms with E-state index in [-0.39, 0.29) is 17.0 Å². The number of amides is 1. The van der Waals surface area contributed by atoms with Crippen LogP contribution in [0.25, 0.3) is 0 Å². The average Bonchev–Trinajstić information content (AvgIpc) is 2.23. The third kappa shape index (κ3) is 4.71. The van der Waals surface area contributed by atoms with E-state index in [1.165, 1.54) is 12.1 Å². The molecule has 3 nitrogen and oxygen atoms in total. The highest BCUT2D eigenvalue weighted by Gasteiger charge is 2.11. The Balaban J connectivity index is 2.51. The summed E-state index contributed by atoms with van der Waals surface area (Å²) in [5, 5.41) is 0.240. The second kappa shape index (κ2) is 6.57. The van der Waals surface area contributed by atoms with Crippen molar-refractivity contribution < 1.29 is 14.0 Å². The number of nitrogens with one attached hydrogen (secondary N) is 1. The summed E-state index contributed by atoms with van der Waals surface area (Å²) in [6.45, 7) is 4.33. The SMILES string of the molecule is CC(C)CONC(=O)Cc1c(F)cccc1Cl. The molecule has 0 atom stereocenters. The zero-order valence-electron chi connectivity index (χ0n) is 9.80. The van der Waals surface area contributed by atoms with Crippen molar-refractivity contribution in [1.82, 2.24) is 5.48 Å². The Morgan fingerprint density at radius 2 is 2.24 bits per heavy atom. The van der Waals surface area contributed by atoms with Gasteiger partial charge in [0.25, 0.3) is 0 Å². The molecule has 0 unspecified atom stereocenters. The van der Waals surface area contributed by atoms with Crippen LogP contribution in [0, 0.1) is 11.7 Å². The molecule has 0 radical (unpaired) electrons. The summed E-state index contributed by atoms with van der Waals surface area (Å²) < 4.78 is 13.4. The van der Waals surface area contributed by atoms with E-state index in [0.29, 0.717) is 12.5 Å². The molecule has 0 aromatic heterocycles. The van der Waals surface area contributed by atoms with Crippen molar-refractivity contribution in [3.63, 3.8) is 0 Å². The number of carbonyl (C=O) groups is 1. The molecule has 1 rings (SSSR count). The normalized spacial score (nSPS) is 10.6. The van der Waals surface area contributed by atoms with E-state index in [1.54, 1.807) is 6.07 Å². The summed E-state index contributed by atoms with van der Waals surface area (Å²) in [4.78, 5) is 16.4. The summed E-state index contributed by atoms with van der Waals surface area (Å²) in [7, 11) is 0. The molecule has 5 heteroatoms. The van der Waals surface area contributed by atoms with Crippen LogP contribution in [0.15, 0.2) is 18.2 Å². The highest BCUT2D eigenvalue weighted by Crippen LogP contribution is 2.19. The fraction of sp³-hybridized carbons (Fsp3) is 0.417. The highest BCUT2D eigenvalue weighted by atomic mass is 35.5. The summed E-state index contributed by atoms with van der Waals surface area (Å²) in [5.41, 5.74) is 2.43. The molecule has 0 bridgehead atoms. The van der Waals surface area contributed by atoms with E-state index in [1.807, 2.05) is 13.8 Å². The number of hydroxylamine groups is 1. The molecular weight excluding hydrogens is 245 g/mol. The Labute approximate surface area is 105 Å². The fourth-order valence-electron chi connectivity index (χ4n) is 1.19. The smallest absolute Gasteiger partial charge is 0.248 e. The predicted molar refractivity (Wildman–Crippen MR) is 64.0 cm³/mol. The van der Waals surface area contributed by atoms with Gasteiger partial charge in [0.05, 0.1) is 13.0 Å². The minimum atomic E-state index is -0.489. The van der Waals surface area contributed by atoms with Gasteiger partial charge in [-0.1, -0.05) is 31.5 Å². The maximum absolute atomic E-state index is 13.4. The average molecular weight is 260 g/mol. The molecular formula is C12H15ClFNO2. The van der Waals surface area contributed by atoms with Crippen LogP contribution in [-0.4, -0.2) is 12.5 Å². The maximum atomic E-state index is 13.4. The zero-order chi connectivity index (χ0) is 12.8. The lowest BCUT2D eigenvalue weighted by atomic mass is 10.1. The van der Waals surface area contributed by atoms with Crippen molar-refractivity contribution >= 4 is 17.5 Å². The molecule has 0 aliphatic rings. The Kier molecular flexibility index (Phi) is 5.38. The molecule has 1 amide bonds. The molecule has 1 aromatic carbocycles. The Morgan fingerprint density at radius 1 is 1.53 bits per heavy atom. The van der Waals surface area contributed by atoms with Gasteiger partial charge in [0.2, 0.25) is 5.91 Å². The number of hydrogen-bond donors (Lipinski definition) is 1. The van der Waals surface area contributed by atoms with Gasteiger partial charge >= 0.3 is 0 Å². The molecule has 0 spiro atoms. The third-order valence-electron chi connectivity index (χ3n) is 2.00. The topological polar surface area (TPSA) is 38.3 Å². The van der Waals surface area contributed by atoms with E-state index >= 15 is 0 Å². The number of hydrogen-bond acceptors (Lipinski definition) is 2. The number of benzene rings is 1. The molecule has 0 aliphatic heterocycles. The standard InChI is InChI=1S/C12H15ClFNO2/c1-8(2)7-17-15-12(16)6-9-10(13)4-3-5-11(9)14/h3-5,8H,6-7H2,1-2H3,(H,15,16). The molecule has 0 saturated heterocycles. The van der Waals surface area contributed by atoms with Gasteiger partial charge in [-0.3, -0.25) is 9.63 Å². The molecule has 0 fully saturated rings. The summed E-state index contributed by atoms with van der Waals surface area (Å²) in [5.74, 6) is -0.596. The van der Waals surface area contributed by atoms with E-state index in [0.717, 1.165) is 0 Å². The van der Waals surface area contributed by atoms with Crippen molar-refractivity contribution in [3.8, 4) is 0 Å². The van der Waals surface area contributed by atoms with Gasteiger partial charge in [0, 0.05) is 10.6 Å². The molecule has 0 aliphatic carbocycles.